The molecule has 2 aromatic rings. The number of carbonyl (C=O) groups is 2. The largest absolute Gasteiger partial charge is 0.325 e. The van der Waals surface area contributed by atoms with Gasteiger partial charge in [0.05, 0.1) is 6.54 Å². The third kappa shape index (κ3) is 5.07. The number of nitrogens with zero attached hydrogens (tertiary/aromatic N) is 1. The molecule has 1 aliphatic rings. The summed E-state index contributed by atoms with van der Waals surface area (Å²) in [7, 11) is 0. The molecule has 0 aliphatic carbocycles. The Morgan fingerprint density at radius 3 is 2.35 bits per heavy atom. The third-order valence-corrected chi connectivity index (χ3v) is 5.05. The van der Waals surface area contributed by atoms with Crippen LogP contribution >= 0.6 is 23.2 Å². The number of carbonyl (C=O) groups excluding carboxylic acids is 2. The van der Waals surface area contributed by atoms with E-state index in [0.29, 0.717) is 27.8 Å². The van der Waals surface area contributed by atoms with Gasteiger partial charge < -0.3 is 5.32 Å². The molecule has 2 aromatic carbocycles. The second kappa shape index (κ2) is 8.67. The maximum Gasteiger partial charge on any atom is 0.238 e. The summed E-state index contributed by atoms with van der Waals surface area (Å²) in [6.07, 6.45) is 1.51. The zero-order valence-electron chi connectivity index (χ0n) is 14.3. The molecule has 1 aliphatic heterocycles. The predicted molar refractivity (Wildman–Crippen MR) is 105 cm³/mol. The lowest BCUT2D eigenvalue weighted by atomic mass is 9.89. The van der Waals surface area contributed by atoms with Crippen molar-refractivity contribution in [2.75, 3.05) is 25.0 Å². The summed E-state index contributed by atoms with van der Waals surface area (Å²) in [5.74, 6) is 0.0860. The molecular formula is C20H20Cl2N2O2. The lowest BCUT2D eigenvalue weighted by molar-refractivity contribution is -0.117. The van der Waals surface area contributed by atoms with E-state index < -0.39 is 0 Å². The first-order valence-corrected chi connectivity index (χ1v) is 9.34. The molecule has 3 rings (SSSR count). The van der Waals surface area contributed by atoms with E-state index in [2.05, 4.69) is 10.2 Å². The van der Waals surface area contributed by atoms with Gasteiger partial charge >= 0.3 is 0 Å². The van der Waals surface area contributed by atoms with Crippen molar-refractivity contribution in [2.24, 2.45) is 5.92 Å². The number of likely N-dealkylation sites (tertiary alicyclic amines) is 1. The van der Waals surface area contributed by atoms with E-state index in [4.69, 9.17) is 23.2 Å². The van der Waals surface area contributed by atoms with Crippen LogP contribution in [0.2, 0.25) is 10.0 Å². The van der Waals surface area contributed by atoms with Crippen molar-refractivity contribution in [1.82, 2.24) is 4.90 Å². The molecule has 1 amide bonds. The molecule has 0 atom stereocenters. The van der Waals surface area contributed by atoms with E-state index in [0.717, 1.165) is 25.9 Å². The Morgan fingerprint density at radius 1 is 1.00 bits per heavy atom. The number of hydrogen-bond acceptors (Lipinski definition) is 3. The number of nitrogens with one attached hydrogen (secondary N) is 1. The van der Waals surface area contributed by atoms with E-state index in [-0.39, 0.29) is 17.6 Å². The van der Waals surface area contributed by atoms with Gasteiger partial charge in [-0.25, -0.2) is 0 Å². The predicted octanol–water partition coefficient (Wildman–Crippen LogP) is 4.53. The van der Waals surface area contributed by atoms with Crippen LogP contribution in [0.3, 0.4) is 0 Å². The van der Waals surface area contributed by atoms with Crippen molar-refractivity contribution in [3.63, 3.8) is 0 Å². The molecule has 0 unspecified atom stereocenters. The molecule has 6 heteroatoms. The van der Waals surface area contributed by atoms with Crippen LogP contribution in [0, 0.1) is 5.92 Å². The van der Waals surface area contributed by atoms with Crippen molar-refractivity contribution in [2.45, 2.75) is 12.8 Å². The van der Waals surface area contributed by atoms with Gasteiger partial charge in [-0.1, -0.05) is 29.3 Å². The van der Waals surface area contributed by atoms with Crippen LogP contribution in [-0.4, -0.2) is 36.2 Å². The first kappa shape index (κ1) is 18.9. The number of hydrogen-bond donors (Lipinski definition) is 1. The summed E-state index contributed by atoms with van der Waals surface area (Å²) in [6, 6.07) is 14.1. The summed E-state index contributed by atoms with van der Waals surface area (Å²) < 4.78 is 0. The lowest BCUT2D eigenvalue weighted by Crippen LogP contribution is -2.40. The SMILES string of the molecule is O=C(CN1CCC(C(=O)c2ccc(Cl)cc2)CC1)Nc1cccc(Cl)c1. The van der Waals surface area contributed by atoms with Gasteiger partial charge in [-0.3, -0.25) is 14.5 Å². The second-order valence-corrected chi connectivity index (χ2v) is 7.35. The molecule has 1 N–H and O–H groups in total. The van der Waals surface area contributed by atoms with Crippen LogP contribution in [0.5, 0.6) is 0 Å². The minimum Gasteiger partial charge on any atom is -0.325 e. The average molecular weight is 391 g/mol. The van der Waals surface area contributed by atoms with Crippen LogP contribution < -0.4 is 5.32 Å². The van der Waals surface area contributed by atoms with E-state index in [1.54, 1.807) is 48.5 Å². The normalized spacial score (nSPS) is 15.6. The van der Waals surface area contributed by atoms with Gasteiger partial charge in [-0.15, -0.1) is 0 Å². The molecule has 0 bridgehead atoms. The highest BCUT2D eigenvalue weighted by Crippen LogP contribution is 2.23. The number of rotatable bonds is 5. The van der Waals surface area contributed by atoms with Crippen LogP contribution in [-0.2, 0) is 4.79 Å². The maximum absolute atomic E-state index is 12.6. The lowest BCUT2D eigenvalue weighted by Gasteiger charge is -2.30. The minimum absolute atomic E-state index is 0.00316. The molecule has 0 radical (unpaired) electrons. The quantitative estimate of drug-likeness (QED) is 0.763. The van der Waals surface area contributed by atoms with Crippen molar-refractivity contribution in [1.29, 1.82) is 0 Å². The molecule has 1 heterocycles. The zero-order chi connectivity index (χ0) is 18.5. The van der Waals surface area contributed by atoms with Crippen LogP contribution in [0.4, 0.5) is 5.69 Å². The Morgan fingerprint density at radius 2 is 1.69 bits per heavy atom. The molecular weight excluding hydrogens is 371 g/mol. The Hall–Kier alpha value is -1.88. The first-order valence-electron chi connectivity index (χ1n) is 8.59. The highest BCUT2D eigenvalue weighted by atomic mass is 35.5. The molecule has 26 heavy (non-hydrogen) atoms. The summed E-state index contributed by atoms with van der Waals surface area (Å²) in [4.78, 5) is 26.8. The number of ketones is 1. The fourth-order valence-electron chi connectivity index (χ4n) is 3.17. The molecule has 1 fully saturated rings. The molecule has 1 saturated heterocycles. The summed E-state index contributed by atoms with van der Waals surface area (Å²) >= 11 is 11.8. The monoisotopic (exact) mass is 390 g/mol. The van der Waals surface area contributed by atoms with E-state index in [9.17, 15) is 9.59 Å². The Labute approximate surface area is 163 Å². The number of amides is 1. The molecule has 0 saturated carbocycles. The Kier molecular flexibility index (Phi) is 6.30. The van der Waals surface area contributed by atoms with Gasteiger partial charge in [0.2, 0.25) is 5.91 Å². The fourth-order valence-corrected chi connectivity index (χ4v) is 3.49. The number of benzene rings is 2. The van der Waals surface area contributed by atoms with E-state index in [1.807, 2.05) is 0 Å². The smallest absolute Gasteiger partial charge is 0.238 e. The molecule has 0 aromatic heterocycles. The minimum atomic E-state index is -0.0743. The van der Waals surface area contributed by atoms with Crippen LogP contribution in [0.1, 0.15) is 23.2 Å². The third-order valence-electron chi connectivity index (χ3n) is 4.56. The van der Waals surface area contributed by atoms with Crippen molar-refractivity contribution in [3.05, 3.63) is 64.1 Å². The van der Waals surface area contributed by atoms with Gasteiger partial charge in [0.25, 0.3) is 0 Å². The van der Waals surface area contributed by atoms with Gasteiger partial charge in [0.1, 0.15) is 0 Å². The zero-order valence-corrected chi connectivity index (χ0v) is 15.8. The van der Waals surface area contributed by atoms with Gasteiger partial charge in [-0.2, -0.15) is 0 Å². The maximum atomic E-state index is 12.6. The summed E-state index contributed by atoms with van der Waals surface area (Å²) in [5, 5.41) is 4.06. The number of halogens is 2. The van der Waals surface area contributed by atoms with E-state index in [1.165, 1.54) is 0 Å². The first-order chi connectivity index (χ1) is 12.5. The Bertz CT molecular complexity index is 785. The Balaban J connectivity index is 1.48. The molecule has 136 valence electrons. The van der Waals surface area contributed by atoms with Crippen LogP contribution in [0.15, 0.2) is 48.5 Å². The average Bonchev–Trinajstić information content (AvgIpc) is 2.62. The summed E-state index contributed by atoms with van der Waals surface area (Å²) in [6.45, 7) is 1.77. The van der Waals surface area contributed by atoms with E-state index >= 15 is 0 Å². The highest BCUT2D eigenvalue weighted by molar-refractivity contribution is 6.31. The highest BCUT2D eigenvalue weighted by Gasteiger charge is 2.26. The standard InChI is InChI=1S/C20H20Cl2N2O2/c21-16-6-4-14(5-7-16)20(26)15-8-10-24(11-9-15)13-19(25)23-18-3-1-2-17(22)12-18/h1-7,12,15H,8-11,13H2,(H,23,25). The molecule has 4 nitrogen and oxygen atoms in total. The van der Waals surface area contributed by atoms with Crippen molar-refractivity contribution < 1.29 is 9.59 Å². The topological polar surface area (TPSA) is 49.4 Å². The van der Waals surface area contributed by atoms with Gasteiger partial charge in [-0.05, 0) is 68.4 Å². The number of Topliss-reactive ketones (excluding diaryl/α,β-unsaturated/α-hetero) is 1. The number of anilines is 1. The molecule has 0 spiro atoms. The number of piperidine rings is 1. The fraction of sp³-hybridized carbons (Fsp3) is 0.300. The van der Waals surface area contributed by atoms with Crippen LogP contribution in [0.25, 0.3) is 0 Å². The summed E-state index contributed by atoms with van der Waals surface area (Å²) in [5.41, 5.74) is 1.39. The van der Waals surface area contributed by atoms with Gasteiger partial charge in [0.15, 0.2) is 5.78 Å². The van der Waals surface area contributed by atoms with Crippen molar-refractivity contribution in [3.8, 4) is 0 Å². The second-order valence-electron chi connectivity index (χ2n) is 6.48. The van der Waals surface area contributed by atoms with Gasteiger partial charge in [0, 0.05) is 27.2 Å². The van der Waals surface area contributed by atoms with Crippen molar-refractivity contribution >= 4 is 40.6 Å².